The predicted molar refractivity (Wildman–Crippen MR) is 48.4 cm³/mol. The highest BCUT2D eigenvalue weighted by Gasteiger charge is 2.25. The third-order valence-electron chi connectivity index (χ3n) is 2.64. The first-order chi connectivity index (χ1) is 6.36. The lowest BCUT2D eigenvalue weighted by molar-refractivity contribution is -0.137. The van der Waals surface area contributed by atoms with Crippen molar-refractivity contribution in [3.05, 3.63) is 0 Å². The molecule has 1 amide bonds. The number of nitrogens with zero attached hydrogens (tertiary/aromatic N) is 1. The van der Waals surface area contributed by atoms with Gasteiger partial charge in [-0.3, -0.25) is 4.79 Å². The van der Waals surface area contributed by atoms with E-state index in [-0.39, 0.29) is 0 Å². The Bertz CT molecular complexity index is 186. The van der Waals surface area contributed by atoms with Gasteiger partial charge in [0, 0.05) is 38.5 Å². The quantitative estimate of drug-likeness (QED) is 0.626. The van der Waals surface area contributed by atoms with Gasteiger partial charge in [0.25, 0.3) is 0 Å². The molecular weight excluding hydrogens is 168 g/mol. The summed E-state index contributed by atoms with van der Waals surface area (Å²) in [7, 11) is 0. The summed E-state index contributed by atoms with van der Waals surface area (Å²) < 4.78 is 5.04. The summed E-state index contributed by atoms with van der Waals surface area (Å²) in [5.41, 5.74) is 0. The highest BCUT2D eigenvalue weighted by molar-refractivity contribution is 5.76. The Morgan fingerprint density at radius 1 is 1.38 bits per heavy atom. The van der Waals surface area contributed by atoms with Crippen LogP contribution in [0, 0.1) is 5.92 Å². The average molecular weight is 184 g/mol. The van der Waals surface area contributed by atoms with Crippen molar-refractivity contribution in [1.82, 2.24) is 10.2 Å². The fourth-order valence-corrected chi connectivity index (χ4v) is 1.69. The molecule has 2 aliphatic heterocycles. The predicted octanol–water partition coefficient (Wildman–Crippen LogP) is -0.545. The molecule has 4 nitrogen and oxygen atoms in total. The molecule has 0 aromatic rings. The Hall–Kier alpha value is -0.610. The van der Waals surface area contributed by atoms with Gasteiger partial charge in [0.05, 0.1) is 13.2 Å². The number of rotatable bonds is 2. The van der Waals surface area contributed by atoms with Crippen molar-refractivity contribution in [3.8, 4) is 0 Å². The second-order valence-electron chi connectivity index (χ2n) is 3.74. The highest BCUT2D eigenvalue weighted by Crippen LogP contribution is 2.15. The first-order valence-electron chi connectivity index (χ1n) is 4.92. The van der Waals surface area contributed by atoms with Crippen LogP contribution in [0.25, 0.3) is 0 Å². The van der Waals surface area contributed by atoms with Crippen LogP contribution >= 0.6 is 0 Å². The van der Waals surface area contributed by atoms with Gasteiger partial charge < -0.3 is 15.0 Å². The van der Waals surface area contributed by atoms with Crippen LogP contribution in [0.5, 0.6) is 0 Å². The molecule has 0 aromatic heterocycles. The third-order valence-corrected chi connectivity index (χ3v) is 2.64. The van der Waals surface area contributed by atoms with Crippen LogP contribution in [0.4, 0.5) is 0 Å². The summed E-state index contributed by atoms with van der Waals surface area (Å²) in [5, 5.41) is 3.23. The summed E-state index contributed by atoms with van der Waals surface area (Å²) in [6.45, 7) is 5.16. The monoisotopic (exact) mass is 184 g/mol. The first kappa shape index (κ1) is 8.97. The molecule has 0 aromatic carbocycles. The third kappa shape index (κ3) is 2.19. The number of nitrogens with one attached hydrogen (secondary N) is 1. The number of piperazine rings is 1. The van der Waals surface area contributed by atoms with Crippen LogP contribution in [0.15, 0.2) is 0 Å². The fourth-order valence-electron chi connectivity index (χ4n) is 1.69. The maximum atomic E-state index is 11.6. The Kier molecular flexibility index (Phi) is 2.80. The van der Waals surface area contributed by atoms with Crippen molar-refractivity contribution in [2.45, 2.75) is 6.42 Å². The van der Waals surface area contributed by atoms with Crippen LogP contribution in [-0.2, 0) is 9.53 Å². The summed E-state index contributed by atoms with van der Waals surface area (Å²) in [5.74, 6) is 0.789. The molecular formula is C9H16N2O2. The molecule has 0 saturated carbocycles. The summed E-state index contributed by atoms with van der Waals surface area (Å²) in [6.07, 6.45) is 0.681. The van der Waals surface area contributed by atoms with E-state index in [4.69, 9.17) is 4.74 Å². The van der Waals surface area contributed by atoms with Crippen molar-refractivity contribution in [2.75, 3.05) is 39.4 Å². The molecule has 4 heteroatoms. The number of hydrogen-bond acceptors (Lipinski definition) is 3. The molecule has 2 aliphatic rings. The molecule has 0 unspecified atom stereocenters. The van der Waals surface area contributed by atoms with Crippen molar-refractivity contribution < 1.29 is 9.53 Å². The largest absolute Gasteiger partial charge is 0.381 e. The van der Waals surface area contributed by atoms with Gasteiger partial charge in [-0.2, -0.15) is 0 Å². The topological polar surface area (TPSA) is 41.6 Å². The molecule has 0 spiro atoms. The molecule has 2 rings (SSSR count). The number of carbonyl (C=O) groups excluding carboxylic acids is 1. The molecule has 0 atom stereocenters. The lowest BCUT2D eigenvalue weighted by Crippen LogP contribution is -2.47. The van der Waals surface area contributed by atoms with Crippen LogP contribution < -0.4 is 5.32 Å². The Balaban J connectivity index is 1.74. The molecule has 0 bridgehead atoms. The van der Waals surface area contributed by atoms with E-state index < -0.39 is 0 Å². The van der Waals surface area contributed by atoms with Crippen molar-refractivity contribution >= 4 is 5.91 Å². The maximum absolute atomic E-state index is 11.6. The Morgan fingerprint density at radius 2 is 2.08 bits per heavy atom. The van der Waals surface area contributed by atoms with Gasteiger partial charge in [-0.25, -0.2) is 0 Å². The Morgan fingerprint density at radius 3 is 2.62 bits per heavy atom. The van der Waals surface area contributed by atoms with E-state index in [1.807, 2.05) is 4.90 Å². The molecule has 1 N–H and O–H groups in total. The molecule has 0 aliphatic carbocycles. The van der Waals surface area contributed by atoms with E-state index in [9.17, 15) is 4.79 Å². The zero-order chi connectivity index (χ0) is 9.10. The van der Waals surface area contributed by atoms with E-state index in [0.29, 0.717) is 18.2 Å². The normalized spacial score (nSPS) is 24.2. The van der Waals surface area contributed by atoms with Gasteiger partial charge >= 0.3 is 0 Å². The first-order valence-corrected chi connectivity index (χ1v) is 4.92. The van der Waals surface area contributed by atoms with Crippen LogP contribution in [0.3, 0.4) is 0 Å². The van der Waals surface area contributed by atoms with Gasteiger partial charge in [0.1, 0.15) is 0 Å². The average Bonchev–Trinajstić information content (AvgIpc) is 2.12. The number of carbonyl (C=O) groups is 1. The number of hydrogen-bond donors (Lipinski definition) is 1. The smallest absolute Gasteiger partial charge is 0.223 e. The van der Waals surface area contributed by atoms with Crippen molar-refractivity contribution in [3.63, 3.8) is 0 Å². The zero-order valence-electron chi connectivity index (χ0n) is 7.79. The number of ether oxygens (including phenoxy) is 1. The minimum Gasteiger partial charge on any atom is -0.381 e. The van der Waals surface area contributed by atoms with E-state index in [1.54, 1.807) is 0 Å². The summed E-state index contributed by atoms with van der Waals surface area (Å²) in [4.78, 5) is 13.6. The van der Waals surface area contributed by atoms with Crippen molar-refractivity contribution in [1.29, 1.82) is 0 Å². The van der Waals surface area contributed by atoms with Gasteiger partial charge in [0.15, 0.2) is 0 Å². The van der Waals surface area contributed by atoms with Crippen molar-refractivity contribution in [2.24, 2.45) is 5.92 Å². The van der Waals surface area contributed by atoms with E-state index in [2.05, 4.69) is 5.32 Å². The second kappa shape index (κ2) is 4.07. The molecule has 74 valence electrons. The van der Waals surface area contributed by atoms with Gasteiger partial charge in [-0.15, -0.1) is 0 Å². The van der Waals surface area contributed by atoms with E-state index in [0.717, 1.165) is 39.4 Å². The molecule has 13 heavy (non-hydrogen) atoms. The standard InChI is InChI=1S/C9H16N2O2/c12-9(5-8-6-13-7-8)11-3-1-10-2-4-11/h8,10H,1-7H2. The lowest BCUT2D eigenvalue weighted by Gasteiger charge is -2.31. The van der Waals surface area contributed by atoms with Crippen LogP contribution in [-0.4, -0.2) is 50.2 Å². The molecule has 2 heterocycles. The molecule has 2 saturated heterocycles. The zero-order valence-corrected chi connectivity index (χ0v) is 7.79. The Labute approximate surface area is 78.2 Å². The molecule has 2 fully saturated rings. The fraction of sp³-hybridized carbons (Fsp3) is 0.889. The van der Waals surface area contributed by atoms with E-state index in [1.165, 1.54) is 0 Å². The lowest BCUT2D eigenvalue weighted by atomic mass is 10.0. The minimum absolute atomic E-state index is 0.301. The number of amides is 1. The van der Waals surface area contributed by atoms with Crippen LogP contribution in [0.1, 0.15) is 6.42 Å². The minimum atomic E-state index is 0.301. The SMILES string of the molecule is O=C(CC1COC1)N1CCNCC1. The second-order valence-corrected chi connectivity index (χ2v) is 3.74. The highest BCUT2D eigenvalue weighted by atomic mass is 16.5. The summed E-state index contributed by atoms with van der Waals surface area (Å²) in [6, 6.07) is 0. The summed E-state index contributed by atoms with van der Waals surface area (Å²) >= 11 is 0. The van der Waals surface area contributed by atoms with Gasteiger partial charge in [-0.1, -0.05) is 0 Å². The van der Waals surface area contributed by atoms with Crippen LogP contribution in [0.2, 0.25) is 0 Å². The van der Waals surface area contributed by atoms with Gasteiger partial charge in [-0.05, 0) is 0 Å². The molecule has 0 radical (unpaired) electrons. The van der Waals surface area contributed by atoms with E-state index >= 15 is 0 Å². The maximum Gasteiger partial charge on any atom is 0.223 e. The van der Waals surface area contributed by atoms with Gasteiger partial charge in [0.2, 0.25) is 5.91 Å².